The molecule has 0 aromatic heterocycles. The first-order valence-corrected chi connectivity index (χ1v) is 8.39. The summed E-state index contributed by atoms with van der Waals surface area (Å²) in [7, 11) is 0. The summed E-state index contributed by atoms with van der Waals surface area (Å²) in [6, 6.07) is 6.26. The van der Waals surface area contributed by atoms with Gasteiger partial charge in [0.2, 0.25) is 0 Å². The Bertz CT molecular complexity index is 500. The maximum absolute atomic E-state index is 6.22. The zero-order valence-corrected chi connectivity index (χ0v) is 15.2. The number of benzene rings is 1. The minimum Gasteiger partial charge on any atom is -0.486 e. The van der Waals surface area contributed by atoms with Gasteiger partial charge in [-0.05, 0) is 67.9 Å². The van der Waals surface area contributed by atoms with E-state index in [1.165, 1.54) is 5.56 Å². The van der Waals surface area contributed by atoms with Gasteiger partial charge in [0.1, 0.15) is 17.5 Å². The Balaban J connectivity index is 2.09. The van der Waals surface area contributed by atoms with Gasteiger partial charge in [0, 0.05) is 13.0 Å². The third-order valence-electron chi connectivity index (χ3n) is 3.84. The summed E-state index contributed by atoms with van der Waals surface area (Å²) in [6.07, 6.45) is 0.953. The fourth-order valence-corrected chi connectivity index (χ4v) is 3.39. The highest BCUT2D eigenvalue weighted by molar-refractivity contribution is 9.10. The monoisotopic (exact) mass is 355 g/mol. The first-order chi connectivity index (χ1) is 9.73. The van der Waals surface area contributed by atoms with Crippen LogP contribution >= 0.6 is 15.9 Å². The molecule has 0 radical (unpaired) electrons. The first-order valence-electron chi connectivity index (χ1n) is 7.59. The number of ether oxygens (including phenoxy) is 2. The summed E-state index contributed by atoms with van der Waals surface area (Å²) in [4.78, 5) is 0. The molecule has 3 nitrogen and oxygen atoms in total. The standard InChI is InChI=1S/C17H26BrNO2/c1-6-19-11-12-7-8-14(13(18)9-12)20-15-10-16(2,3)21-17(15,4)5/h7-9,15,19H,6,10-11H2,1-5H3. The van der Waals surface area contributed by atoms with Crippen LogP contribution in [0.2, 0.25) is 0 Å². The average Bonchev–Trinajstić information content (AvgIpc) is 2.57. The molecule has 21 heavy (non-hydrogen) atoms. The van der Waals surface area contributed by atoms with Crippen molar-refractivity contribution >= 4 is 15.9 Å². The maximum atomic E-state index is 6.22. The van der Waals surface area contributed by atoms with Gasteiger partial charge in [-0.3, -0.25) is 0 Å². The highest BCUT2D eigenvalue weighted by Crippen LogP contribution is 2.40. The van der Waals surface area contributed by atoms with Crippen molar-refractivity contribution in [2.45, 2.75) is 64.9 Å². The Morgan fingerprint density at radius 3 is 2.57 bits per heavy atom. The van der Waals surface area contributed by atoms with Crippen molar-refractivity contribution in [1.82, 2.24) is 5.32 Å². The second-order valence-corrected chi connectivity index (χ2v) is 7.68. The van der Waals surface area contributed by atoms with E-state index in [9.17, 15) is 0 Å². The van der Waals surface area contributed by atoms with Gasteiger partial charge in [0.25, 0.3) is 0 Å². The topological polar surface area (TPSA) is 30.5 Å². The van der Waals surface area contributed by atoms with E-state index in [4.69, 9.17) is 9.47 Å². The zero-order chi connectivity index (χ0) is 15.7. The quantitative estimate of drug-likeness (QED) is 0.854. The predicted octanol–water partition coefficient (Wildman–Crippen LogP) is 4.28. The van der Waals surface area contributed by atoms with Crippen molar-refractivity contribution in [3.8, 4) is 5.75 Å². The Hall–Kier alpha value is -0.580. The molecule has 0 amide bonds. The molecule has 1 fully saturated rings. The van der Waals surface area contributed by atoms with Gasteiger partial charge in [-0.2, -0.15) is 0 Å². The number of nitrogens with one attached hydrogen (secondary N) is 1. The van der Waals surface area contributed by atoms with Crippen LogP contribution in [0.15, 0.2) is 22.7 Å². The van der Waals surface area contributed by atoms with Crippen LogP contribution in [0, 0.1) is 0 Å². The fraction of sp³-hybridized carbons (Fsp3) is 0.647. The van der Waals surface area contributed by atoms with Crippen LogP contribution in [0.3, 0.4) is 0 Å². The van der Waals surface area contributed by atoms with Crippen molar-refractivity contribution in [1.29, 1.82) is 0 Å². The second kappa shape index (κ2) is 6.27. The van der Waals surface area contributed by atoms with Gasteiger partial charge in [-0.25, -0.2) is 0 Å². The van der Waals surface area contributed by atoms with E-state index in [-0.39, 0.29) is 17.3 Å². The van der Waals surface area contributed by atoms with Crippen LogP contribution in [0.4, 0.5) is 0 Å². The molecular weight excluding hydrogens is 330 g/mol. The summed E-state index contributed by atoms with van der Waals surface area (Å²) < 4.78 is 13.3. The molecule has 1 atom stereocenters. The maximum Gasteiger partial charge on any atom is 0.134 e. The Labute approximate surface area is 136 Å². The normalized spacial score (nSPS) is 23.2. The summed E-state index contributed by atoms with van der Waals surface area (Å²) in [5, 5.41) is 3.33. The number of rotatable bonds is 5. The molecule has 0 saturated carbocycles. The van der Waals surface area contributed by atoms with Crippen LogP contribution in [0.25, 0.3) is 0 Å². The fourth-order valence-electron chi connectivity index (χ4n) is 2.87. The number of halogens is 1. The van der Waals surface area contributed by atoms with Crippen molar-refractivity contribution in [3.63, 3.8) is 0 Å². The molecular formula is C17H26BrNO2. The lowest BCUT2D eigenvalue weighted by molar-refractivity contribution is -0.0846. The van der Waals surface area contributed by atoms with Gasteiger partial charge in [-0.15, -0.1) is 0 Å². The second-order valence-electron chi connectivity index (χ2n) is 6.82. The SMILES string of the molecule is CCNCc1ccc(OC2CC(C)(C)OC2(C)C)c(Br)c1. The van der Waals surface area contributed by atoms with Gasteiger partial charge >= 0.3 is 0 Å². The van der Waals surface area contributed by atoms with Crippen LogP contribution in [-0.4, -0.2) is 23.9 Å². The van der Waals surface area contributed by atoms with Crippen LogP contribution in [0.5, 0.6) is 5.75 Å². The number of hydrogen-bond donors (Lipinski definition) is 1. The van der Waals surface area contributed by atoms with Crippen molar-refractivity contribution in [2.24, 2.45) is 0 Å². The summed E-state index contributed by atoms with van der Waals surface area (Å²) in [6.45, 7) is 12.4. The van der Waals surface area contributed by atoms with Crippen LogP contribution in [0.1, 0.15) is 46.6 Å². The third kappa shape index (κ3) is 4.21. The lowest BCUT2D eigenvalue weighted by Crippen LogP contribution is -2.36. The Morgan fingerprint density at radius 2 is 2.05 bits per heavy atom. The van der Waals surface area contributed by atoms with E-state index in [1.54, 1.807) is 0 Å². The third-order valence-corrected chi connectivity index (χ3v) is 4.46. The largest absolute Gasteiger partial charge is 0.486 e. The van der Waals surface area contributed by atoms with Crippen LogP contribution < -0.4 is 10.1 Å². The van der Waals surface area contributed by atoms with E-state index >= 15 is 0 Å². The Morgan fingerprint density at radius 1 is 1.33 bits per heavy atom. The molecule has 0 spiro atoms. The van der Waals surface area contributed by atoms with Gasteiger partial charge in [-0.1, -0.05) is 13.0 Å². The molecule has 1 aliphatic heterocycles. The molecule has 0 bridgehead atoms. The van der Waals surface area contributed by atoms with Gasteiger partial charge in [0.15, 0.2) is 0 Å². The molecule has 1 aliphatic rings. The average molecular weight is 356 g/mol. The summed E-state index contributed by atoms with van der Waals surface area (Å²) in [5.74, 6) is 0.884. The minimum absolute atomic E-state index is 0.0587. The van der Waals surface area contributed by atoms with E-state index in [1.807, 2.05) is 6.07 Å². The molecule has 118 valence electrons. The molecule has 1 heterocycles. The lowest BCUT2D eigenvalue weighted by Gasteiger charge is -2.27. The van der Waals surface area contributed by atoms with E-state index in [0.717, 1.165) is 29.7 Å². The molecule has 1 unspecified atom stereocenters. The smallest absolute Gasteiger partial charge is 0.134 e. The molecule has 2 rings (SSSR count). The summed E-state index contributed by atoms with van der Waals surface area (Å²) in [5.41, 5.74) is 0.843. The van der Waals surface area contributed by atoms with Crippen molar-refractivity contribution in [2.75, 3.05) is 6.54 Å². The molecule has 1 aromatic rings. The van der Waals surface area contributed by atoms with Gasteiger partial charge < -0.3 is 14.8 Å². The zero-order valence-electron chi connectivity index (χ0n) is 13.6. The highest BCUT2D eigenvalue weighted by Gasteiger charge is 2.47. The van der Waals surface area contributed by atoms with Crippen molar-refractivity contribution in [3.05, 3.63) is 28.2 Å². The van der Waals surface area contributed by atoms with Gasteiger partial charge in [0.05, 0.1) is 10.1 Å². The van der Waals surface area contributed by atoms with Crippen LogP contribution in [-0.2, 0) is 11.3 Å². The molecule has 1 aromatic carbocycles. The predicted molar refractivity (Wildman–Crippen MR) is 89.8 cm³/mol. The minimum atomic E-state index is -0.272. The molecule has 1 N–H and O–H groups in total. The van der Waals surface area contributed by atoms with E-state index in [2.05, 4.69) is 68.0 Å². The van der Waals surface area contributed by atoms with E-state index in [0.29, 0.717) is 0 Å². The van der Waals surface area contributed by atoms with Crippen molar-refractivity contribution < 1.29 is 9.47 Å². The highest BCUT2D eigenvalue weighted by atomic mass is 79.9. The summed E-state index contributed by atoms with van der Waals surface area (Å²) >= 11 is 3.62. The molecule has 4 heteroatoms. The molecule has 0 aliphatic carbocycles. The number of hydrogen-bond acceptors (Lipinski definition) is 3. The Kier molecular flexibility index (Phi) is 5.01. The first kappa shape index (κ1) is 16.8. The van der Waals surface area contributed by atoms with E-state index < -0.39 is 0 Å². The lowest BCUT2D eigenvalue weighted by atomic mass is 9.97. The molecule has 1 saturated heterocycles.